The molecule has 0 saturated carbocycles. The molecule has 128 valence electrons. The predicted molar refractivity (Wildman–Crippen MR) is 95.0 cm³/mol. The van der Waals surface area contributed by atoms with E-state index in [4.69, 9.17) is 9.47 Å². The summed E-state index contributed by atoms with van der Waals surface area (Å²) in [6, 6.07) is 0. The fraction of sp³-hybridized carbons (Fsp3) is 0.800. The summed E-state index contributed by atoms with van der Waals surface area (Å²) in [5, 5.41) is 0. The van der Waals surface area contributed by atoms with Gasteiger partial charge in [0.2, 0.25) is 0 Å². The second-order valence-electron chi connectivity index (χ2n) is 7.01. The van der Waals surface area contributed by atoms with Crippen molar-refractivity contribution in [2.75, 3.05) is 13.2 Å². The number of hydrogen-bond donors (Lipinski definition) is 0. The third kappa shape index (κ3) is 10.2. The molecule has 0 bridgehead atoms. The van der Waals surface area contributed by atoms with Crippen molar-refractivity contribution in [1.29, 1.82) is 0 Å². The predicted octanol–water partition coefficient (Wildman–Crippen LogP) is 6.03. The van der Waals surface area contributed by atoms with Crippen molar-refractivity contribution in [2.45, 2.75) is 85.4 Å². The van der Waals surface area contributed by atoms with Crippen molar-refractivity contribution in [2.24, 2.45) is 5.92 Å². The third-order valence-electron chi connectivity index (χ3n) is 4.30. The van der Waals surface area contributed by atoms with Gasteiger partial charge in [-0.05, 0) is 78.1 Å². The molecule has 0 spiro atoms. The Morgan fingerprint density at radius 2 is 1.95 bits per heavy atom. The Bertz CT molecular complexity index is 334. The van der Waals surface area contributed by atoms with E-state index in [1.54, 1.807) is 0 Å². The Morgan fingerprint density at radius 1 is 1.14 bits per heavy atom. The first-order valence-corrected chi connectivity index (χ1v) is 9.10. The Balaban J connectivity index is 2.04. The van der Waals surface area contributed by atoms with Crippen molar-refractivity contribution in [3.63, 3.8) is 0 Å². The SMILES string of the molecule is CC(C)=CCCC(C)=CCCC(C)CCOC1CCCCO1. The van der Waals surface area contributed by atoms with Gasteiger partial charge in [-0.3, -0.25) is 0 Å². The number of ether oxygens (including phenoxy) is 2. The summed E-state index contributed by atoms with van der Waals surface area (Å²) >= 11 is 0. The Labute approximate surface area is 138 Å². The summed E-state index contributed by atoms with van der Waals surface area (Å²) in [5.41, 5.74) is 2.94. The monoisotopic (exact) mass is 308 g/mol. The molecule has 1 aliphatic rings. The molecule has 1 saturated heterocycles. The molecule has 0 aromatic rings. The van der Waals surface area contributed by atoms with Gasteiger partial charge in [-0.15, -0.1) is 0 Å². The van der Waals surface area contributed by atoms with Crippen LogP contribution in [0.5, 0.6) is 0 Å². The molecule has 0 aromatic heterocycles. The van der Waals surface area contributed by atoms with Gasteiger partial charge in [-0.25, -0.2) is 0 Å². The molecule has 0 amide bonds. The summed E-state index contributed by atoms with van der Waals surface area (Å²) < 4.78 is 11.4. The molecule has 0 N–H and O–H groups in total. The Hall–Kier alpha value is -0.600. The van der Waals surface area contributed by atoms with Crippen molar-refractivity contribution in [3.05, 3.63) is 23.3 Å². The van der Waals surface area contributed by atoms with Crippen LogP contribution in [0.3, 0.4) is 0 Å². The zero-order valence-electron chi connectivity index (χ0n) is 15.2. The van der Waals surface area contributed by atoms with Crippen molar-refractivity contribution in [1.82, 2.24) is 0 Å². The van der Waals surface area contributed by atoms with Crippen LogP contribution in [0.1, 0.15) is 79.1 Å². The highest BCUT2D eigenvalue weighted by Crippen LogP contribution is 2.17. The van der Waals surface area contributed by atoms with Crippen molar-refractivity contribution < 1.29 is 9.47 Å². The first-order valence-electron chi connectivity index (χ1n) is 9.10. The smallest absolute Gasteiger partial charge is 0.157 e. The number of allylic oxidation sites excluding steroid dienone is 4. The second kappa shape index (κ2) is 11.9. The molecule has 1 fully saturated rings. The molecule has 22 heavy (non-hydrogen) atoms. The average Bonchev–Trinajstić information content (AvgIpc) is 2.48. The van der Waals surface area contributed by atoms with E-state index in [2.05, 4.69) is 39.8 Å². The first kappa shape index (κ1) is 19.4. The highest BCUT2D eigenvalue weighted by atomic mass is 16.7. The fourth-order valence-corrected chi connectivity index (χ4v) is 2.69. The van der Waals surface area contributed by atoms with Gasteiger partial charge in [0.25, 0.3) is 0 Å². The van der Waals surface area contributed by atoms with Gasteiger partial charge in [-0.2, -0.15) is 0 Å². The van der Waals surface area contributed by atoms with E-state index in [0.717, 1.165) is 32.0 Å². The van der Waals surface area contributed by atoms with Crippen LogP contribution >= 0.6 is 0 Å². The zero-order chi connectivity index (χ0) is 16.2. The van der Waals surface area contributed by atoms with Gasteiger partial charge in [0.15, 0.2) is 6.29 Å². The van der Waals surface area contributed by atoms with E-state index in [-0.39, 0.29) is 6.29 Å². The van der Waals surface area contributed by atoms with Crippen LogP contribution in [-0.4, -0.2) is 19.5 Å². The maximum absolute atomic E-state index is 5.81. The maximum atomic E-state index is 5.81. The van der Waals surface area contributed by atoms with Crippen LogP contribution in [0.2, 0.25) is 0 Å². The van der Waals surface area contributed by atoms with E-state index in [0.29, 0.717) is 0 Å². The fourth-order valence-electron chi connectivity index (χ4n) is 2.69. The average molecular weight is 309 g/mol. The molecule has 2 heteroatoms. The van der Waals surface area contributed by atoms with E-state index in [1.165, 1.54) is 49.7 Å². The summed E-state index contributed by atoms with van der Waals surface area (Å²) in [6.45, 7) is 10.6. The van der Waals surface area contributed by atoms with Crippen LogP contribution in [-0.2, 0) is 9.47 Å². The lowest BCUT2D eigenvalue weighted by atomic mass is 10.0. The minimum Gasteiger partial charge on any atom is -0.353 e. The quantitative estimate of drug-likeness (QED) is 0.459. The van der Waals surface area contributed by atoms with Gasteiger partial charge >= 0.3 is 0 Å². The summed E-state index contributed by atoms with van der Waals surface area (Å²) in [5.74, 6) is 0.727. The molecule has 0 aromatic carbocycles. The Kier molecular flexibility index (Phi) is 10.5. The number of rotatable bonds is 10. The molecule has 2 unspecified atom stereocenters. The summed E-state index contributed by atoms with van der Waals surface area (Å²) in [4.78, 5) is 0. The number of hydrogen-bond acceptors (Lipinski definition) is 2. The minimum absolute atomic E-state index is 0.0677. The molecule has 2 atom stereocenters. The lowest BCUT2D eigenvalue weighted by Gasteiger charge is -2.23. The molecular weight excluding hydrogens is 272 g/mol. The van der Waals surface area contributed by atoms with Gasteiger partial charge in [-0.1, -0.05) is 30.2 Å². The van der Waals surface area contributed by atoms with Crippen molar-refractivity contribution in [3.8, 4) is 0 Å². The van der Waals surface area contributed by atoms with Gasteiger partial charge < -0.3 is 9.47 Å². The van der Waals surface area contributed by atoms with Crippen LogP contribution in [0.4, 0.5) is 0 Å². The molecule has 2 nitrogen and oxygen atoms in total. The van der Waals surface area contributed by atoms with Crippen LogP contribution in [0.25, 0.3) is 0 Å². The van der Waals surface area contributed by atoms with Crippen LogP contribution in [0, 0.1) is 5.92 Å². The highest BCUT2D eigenvalue weighted by molar-refractivity contribution is 5.02. The van der Waals surface area contributed by atoms with E-state index in [1.807, 2.05) is 0 Å². The molecule has 1 rings (SSSR count). The van der Waals surface area contributed by atoms with E-state index in [9.17, 15) is 0 Å². The normalized spacial score (nSPS) is 20.7. The topological polar surface area (TPSA) is 18.5 Å². The summed E-state index contributed by atoms with van der Waals surface area (Å²) in [7, 11) is 0. The summed E-state index contributed by atoms with van der Waals surface area (Å²) in [6.07, 6.45) is 14.3. The molecular formula is C20H36O2. The standard InChI is InChI=1S/C20H36O2/c1-17(2)9-7-10-18(3)11-8-12-19(4)14-16-22-20-13-5-6-15-21-20/h9,11,19-20H,5-8,10,12-16H2,1-4H3. The lowest BCUT2D eigenvalue weighted by molar-refractivity contribution is -0.163. The molecule has 0 aliphatic carbocycles. The maximum Gasteiger partial charge on any atom is 0.157 e. The molecule has 1 heterocycles. The third-order valence-corrected chi connectivity index (χ3v) is 4.30. The second-order valence-corrected chi connectivity index (χ2v) is 7.01. The highest BCUT2D eigenvalue weighted by Gasteiger charge is 2.14. The zero-order valence-corrected chi connectivity index (χ0v) is 15.2. The van der Waals surface area contributed by atoms with Gasteiger partial charge in [0.1, 0.15) is 0 Å². The largest absolute Gasteiger partial charge is 0.353 e. The van der Waals surface area contributed by atoms with Gasteiger partial charge in [0.05, 0.1) is 0 Å². The van der Waals surface area contributed by atoms with Crippen molar-refractivity contribution >= 4 is 0 Å². The molecule has 0 radical (unpaired) electrons. The van der Waals surface area contributed by atoms with E-state index < -0.39 is 0 Å². The van der Waals surface area contributed by atoms with Gasteiger partial charge in [0, 0.05) is 13.2 Å². The first-order chi connectivity index (χ1) is 10.6. The molecule has 1 aliphatic heterocycles. The lowest BCUT2D eigenvalue weighted by Crippen LogP contribution is -2.23. The minimum atomic E-state index is 0.0677. The van der Waals surface area contributed by atoms with Crippen LogP contribution < -0.4 is 0 Å². The Morgan fingerprint density at radius 3 is 2.64 bits per heavy atom. The van der Waals surface area contributed by atoms with Crippen LogP contribution in [0.15, 0.2) is 23.3 Å². The van der Waals surface area contributed by atoms with E-state index >= 15 is 0 Å².